The first kappa shape index (κ1) is 18.5. The summed E-state index contributed by atoms with van der Waals surface area (Å²) >= 11 is 0. The fraction of sp³-hybridized carbons (Fsp3) is 0.600. The molecule has 1 aromatic carbocycles. The van der Waals surface area contributed by atoms with Gasteiger partial charge in [0.05, 0.1) is 13.2 Å². The predicted molar refractivity (Wildman–Crippen MR) is 77.3 cm³/mol. The molecule has 0 radical (unpaired) electrons. The average molecular weight is 239 g/mol. The Morgan fingerprint density at radius 2 is 1.65 bits per heavy atom. The second-order valence-electron chi connectivity index (χ2n) is 3.02. The van der Waals surface area contributed by atoms with Gasteiger partial charge in [-0.2, -0.15) is 0 Å². The van der Waals surface area contributed by atoms with Gasteiger partial charge in [0.25, 0.3) is 0 Å². The average Bonchev–Trinajstić information content (AvgIpc) is 2.46. The van der Waals surface area contributed by atoms with Crippen molar-refractivity contribution >= 4 is 0 Å². The molecule has 1 aromatic rings. The van der Waals surface area contributed by atoms with Crippen LogP contribution in [-0.4, -0.2) is 13.7 Å². The van der Waals surface area contributed by atoms with Gasteiger partial charge in [0.2, 0.25) is 0 Å². The molecule has 0 spiro atoms. The van der Waals surface area contributed by atoms with Crippen LogP contribution in [0.25, 0.3) is 0 Å². The summed E-state index contributed by atoms with van der Waals surface area (Å²) in [6, 6.07) is 6.47. The first-order chi connectivity index (χ1) is 8.38. The number of nitrogens with two attached hydrogens (primary N) is 1. The Bertz CT molecular complexity index is 272. The molecule has 0 aromatic heterocycles. The summed E-state index contributed by atoms with van der Waals surface area (Å²) in [6.45, 7) is 11.8. The smallest absolute Gasteiger partial charge is 0.0722 e. The number of ether oxygens (including phenoxy) is 1. The van der Waals surface area contributed by atoms with Gasteiger partial charge in [-0.3, -0.25) is 0 Å². The highest BCUT2D eigenvalue weighted by Gasteiger charge is 2.09. The van der Waals surface area contributed by atoms with Gasteiger partial charge in [-0.25, -0.2) is 0 Å². The molecule has 1 aliphatic rings. The summed E-state index contributed by atoms with van der Waals surface area (Å²) in [7, 11) is 1.50. The van der Waals surface area contributed by atoms with Gasteiger partial charge >= 0.3 is 0 Å². The minimum absolute atomic E-state index is 0.808. The monoisotopic (exact) mass is 239 g/mol. The Morgan fingerprint density at radius 3 is 2.18 bits per heavy atom. The zero-order valence-electron chi connectivity index (χ0n) is 12.3. The molecular weight excluding hydrogens is 210 g/mol. The van der Waals surface area contributed by atoms with Crippen molar-refractivity contribution in [1.29, 1.82) is 0 Å². The van der Waals surface area contributed by atoms with Crippen molar-refractivity contribution in [3.63, 3.8) is 0 Å². The lowest BCUT2D eigenvalue weighted by molar-refractivity contribution is 0.110. The van der Waals surface area contributed by atoms with E-state index in [0.717, 1.165) is 19.6 Å². The Hall–Kier alpha value is -0.860. The summed E-state index contributed by atoms with van der Waals surface area (Å²) in [4.78, 5) is 0. The largest absolute Gasteiger partial charge is 0.376 e. The topological polar surface area (TPSA) is 35.2 Å². The zero-order chi connectivity index (χ0) is 13.7. The van der Waals surface area contributed by atoms with Crippen LogP contribution in [0.1, 0.15) is 44.4 Å². The molecule has 0 unspecified atom stereocenters. The van der Waals surface area contributed by atoms with Gasteiger partial charge in [-0.1, -0.05) is 45.9 Å². The fourth-order valence-corrected chi connectivity index (χ4v) is 1.56. The maximum atomic E-state index is 5.38. The van der Waals surface area contributed by atoms with Crippen LogP contribution in [0.5, 0.6) is 0 Å². The summed E-state index contributed by atoms with van der Waals surface area (Å²) < 4.78 is 5.38. The van der Waals surface area contributed by atoms with Crippen molar-refractivity contribution < 1.29 is 4.74 Å². The molecule has 0 aliphatic carbocycles. The van der Waals surface area contributed by atoms with E-state index >= 15 is 0 Å². The molecule has 2 heteroatoms. The molecule has 17 heavy (non-hydrogen) atoms. The maximum Gasteiger partial charge on any atom is 0.0722 e. The Labute approximate surface area is 107 Å². The van der Waals surface area contributed by atoms with E-state index in [0.29, 0.717) is 0 Å². The number of benzene rings is 1. The van der Waals surface area contributed by atoms with Crippen LogP contribution >= 0.6 is 0 Å². The summed E-state index contributed by atoms with van der Waals surface area (Å²) in [5.41, 5.74) is 8.73. The van der Waals surface area contributed by atoms with Crippen molar-refractivity contribution in [2.75, 3.05) is 13.7 Å². The van der Waals surface area contributed by atoms with E-state index in [-0.39, 0.29) is 0 Å². The first-order valence-electron chi connectivity index (χ1n) is 6.61. The van der Waals surface area contributed by atoms with E-state index in [2.05, 4.69) is 30.9 Å². The third-order valence-electron chi connectivity index (χ3n) is 2.27. The molecule has 2 rings (SSSR count). The molecular formula is C15H29NO. The number of rotatable bonds is 0. The molecule has 1 aliphatic heterocycles. The van der Waals surface area contributed by atoms with Crippen LogP contribution in [-0.2, 0) is 17.8 Å². The van der Waals surface area contributed by atoms with Gasteiger partial charge in [-0.15, -0.1) is 0 Å². The minimum Gasteiger partial charge on any atom is -0.376 e. The highest BCUT2D eigenvalue weighted by molar-refractivity contribution is 5.34. The molecule has 0 fully saturated rings. The molecule has 2 nitrogen and oxygen atoms in total. The van der Waals surface area contributed by atoms with Crippen molar-refractivity contribution in [2.24, 2.45) is 5.73 Å². The first-order valence-corrected chi connectivity index (χ1v) is 6.61. The molecule has 0 amide bonds. The molecule has 0 bridgehead atoms. The Kier molecular flexibility index (Phi) is 14.4. The van der Waals surface area contributed by atoms with Gasteiger partial charge < -0.3 is 10.5 Å². The standard InChI is InChI=1S/C10H12O.2C2H6.CH5N/c1-8-3-2-4-9-5-6-11-7-10(8)9;3*1-2/h2-4H,5-7H2,1H3;2*1-2H3;2H2,1H3. The van der Waals surface area contributed by atoms with Crippen molar-refractivity contribution in [1.82, 2.24) is 0 Å². The number of hydrogen-bond donors (Lipinski definition) is 1. The second-order valence-corrected chi connectivity index (χ2v) is 3.02. The van der Waals surface area contributed by atoms with Gasteiger partial charge in [-0.05, 0) is 37.1 Å². The minimum atomic E-state index is 0.808. The summed E-state index contributed by atoms with van der Waals surface area (Å²) in [5, 5.41) is 0. The quantitative estimate of drug-likeness (QED) is 0.749. The van der Waals surface area contributed by atoms with E-state index in [4.69, 9.17) is 4.74 Å². The number of hydrogen-bond acceptors (Lipinski definition) is 2. The van der Waals surface area contributed by atoms with Crippen LogP contribution in [0, 0.1) is 6.92 Å². The van der Waals surface area contributed by atoms with Crippen molar-refractivity contribution in [2.45, 2.75) is 47.6 Å². The number of fused-ring (bicyclic) bond motifs is 1. The normalized spacial score (nSPS) is 11.5. The Balaban J connectivity index is 0. The maximum absolute atomic E-state index is 5.38. The molecule has 0 saturated carbocycles. The van der Waals surface area contributed by atoms with Gasteiger partial charge in [0.15, 0.2) is 0 Å². The van der Waals surface area contributed by atoms with E-state index in [9.17, 15) is 0 Å². The lowest BCUT2D eigenvalue weighted by Crippen LogP contribution is -2.10. The molecule has 100 valence electrons. The van der Waals surface area contributed by atoms with E-state index in [1.165, 1.54) is 23.7 Å². The van der Waals surface area contributed by atoms with E-state index < -0.39 is 0 Å². The van der Waals surface area contributed by atoms with Crippen LogP contribution in [0.2, 0.25) is 0 Å². The SMILES string of the molecule is CC.CC.CN.Cc1cccc2c1COCC2. The lowest BCUT2D eigenvalue weighted by atomic mass is 9.99. The van der Waals surface area contributed by atoms with Gasteiger partial charge in [0.1, 0.15) is 0 Å². The molecule has 0 saturated heterocycles. The van der Waals surface area contributed by atoms with Gasteiger partial charge in [0, 0.05) is 0 Å². The van der Waals surface area contributed by atoms with Crippen molar-refractivity contribution in [3.8, 4) is 0 Å². The summed E-state index contributed by atoms with van der Waals surface area (Å²) in [6.07, 6.45) is 1.08. The van der Waals surface area contributed by atoms with Crippen LogP contribution in [0.3, 0.4) is 0 Å². The van der Waals surface area contributed by atoms with Crippen LogP contribution in [0.15, 0.2) is 18.2 Å². The molecule has 0 atom stereocenters. The van der Waals surface area contributed by atoms with E-state index in [1.807, 2.05) is 27.7 Å². The number of aryl methyl sites for hydroxylation is 1. The van der Waals surface area contributed by atoms with Crippen LogP contribution in [0.4, 0.5) is 0 Å². The zero-order valence-corrected chi connectivity index (χ0v) is 12.3. The van der Waals surface area contributed by atoms with E-state index in [1.54, 1.807) is 0 Å². The fourth-order valence-electron chi connectivity index (χ4n) is 1.56. The molecule has 1 heterocycles. The highest BCUT2D eigenvalue weighted by atomic mass is 16.5. The molecule has 2 N–H and O–H groups in total. The van der Waals surface area contributed by atoms with Crippen LogP contribution < -0.4 is 5.73 Å². The van der Waals surface area contributed by atoms with Crippen molar-refractivity contribution in [3.05, 3.63) is 34.9 Å². The third kappa shape index (κ3) is 6.44. The third-order valence-corrected chi connectivity index (χ3v) is 2.27. The lowest BCUT2D eigenvalue weighted by Gasteiger charge is -2.17. The summed E-state index contributed by atoms with van der Waals surface area (Å²) in [5.74, 6) is 0. The highest BCUT2D eigenvalue weighted by Crippen LogP contribution is 2.19. The Morgan fingerprint density at radius 1 is 1.06 bits per heavy atom. The predicted octanol–water partition coefficient (Wildman–Crippen LogP) is 3.70. The second kappa shape index (κ2) is 13.2.